The molecule has 0 saturated heterocycles. The molecule has 1 N–H and O–H groups in total. The van der Waals surface area contributed by atoms with Gasteiger partial charge in [-0.2, -0.15) is 0 Å². The number of nitrogens with zero attached hydrogens (tertiary/aromatic N) is 1. The van der Waals surface area contributed by atoms with E-state index in [1.165, 1.54) is 31.0 Å². The number of benzene rings is 1. The van der Waals surface area contributed by atoms with Crippen LogP contribution in [0, 0.1) is 0 Å². The molecule has 0 aromatic heterocycles. The molecule has 23 heavy (non-hydrogen) atoms. The maximum Gasteiger partial charge on any atom is 0.173 e. The quantitative estimate of drug-likeness (QED) is 0.534. The summed E-state index contributed by atoms with van der Waals surface area (Å²) in [6.07, 6.45) is 4.62. The van der Waals surface area contributed by atoms with Crippen molar-refractivity contribution in [3.05, 3.63) is 28.8 Å². The predicted octanol–water partition coefficient (Wildman–Crippen LogP) is 4.17. The van der Waals surface area contributed by atoms with Crippen molar-refractivity contribution in [1.29, 1.82) is 0 Å². The molecule has 0 atom stereocenters. The van der Waals surface area contributed by atoms with Gasteiger partial charge in [-0.15, -0.1) is 0 Å². The average molecular weight is 355 g/mol. The minimum absolute atomic E-state index is 0.0443. The standard InChI is InChI=1S/C17H23ClN2O2S/c1-2-3-4-5-10-22-16-7-6-13(11-14(16)18)15(21)12-23-17-19-8-9-20-17/h6-7,11H,2-5,8-10,12H2,1H3,(H,19,20). The van der Waals surface area contributed by atoms with Gasteiger partial charge in [0.2, 0.25) is 0 Å². The summed E-state index contributed by atoms with van der Waals surface area (Å²) in [4.78, 5) is 16.5. The first-order valence-electron chi connectivity index (χ1n) is 8.07. The molecule has 1 aliphatic heterocycles. The summed E-state index contributed by atoms with van der Waals surface area (Å²) >= 11 is 7.65. The van der Waals surface area contributed by atoms with Crippen LogP contribution in [-0.2, 0) is 0 Å². The van der Waals surface area contributed by atoms with Crippen LogP contribution >= 0.6 is 23.4 Å². The molecule has 1 heterocycles. The van der Waals surface area contributed by atoms with Crippen LogP contribution in [0.3, 0.4) is 0 Å². The van der Waals surface area contributed by atoms with Crippen molar-refractivity contribution in [3.8, 4) is 5.75 Å². The fraction of sp³-hybridized carbons (Fsp3) is 0.529. The molecule has 0 saturated carbocycles. The number of thioether (sulfide) groups is 1. The lowest BCUT2D eigenvalue weighted by Gasteiger charge is -2.09. The Hall–Kier alpha value is -1.20. The molecule has 1 aliphatic rings. The van der Waals surface area contributed by atoms with Crippen LogP contribution in [0.5, 0.6) is 5.75 Å². The summed E-state index contributed by atoms with van der Waals surface area (Å²) < 4.78 is 5.68. The average Bonchev–Trinajstić information content (AvgIpc) is 3.07. The van der Waals surface area contributed by atoms with Crippen molar-refractivity contribution >= 4 is 34.3 Å². The van der Waals surface area contributed by atoms with Gasteiger partial charge in [0.25, 0.3) is 0 Å². The fourth-order valence-corrected chi connectivity index (χ4v) is 3.25. The molecule has 126 valence electrons. The smallest absolute Gasteiger partial charge is 0.173 e. The molecule has 1 aromatic carbocycles. The van der Waals surface area contributed by atoms with Gasteiger partial charge in [0.15, 0.2) is 11.0 Å². The first kappa shape index (κ1) is 18.1. The number of unbranched alkanes of at least 4 members (excludes halogenated alkanes) is 3. The van der Waals surface area contributed by atoms with E-state index < -0.39 is 0 Å². The van der Waals surface area contributed by atoms with Gasteiger partial charge in [-0.1, -0.05) is 49.5 Å². The largest absolute Gasteiger partial charge is 0.492 e. The van der Waals surface area contributed by atoms with Crippen molar-refractivity contribution in [2.45, 2.75) is 32.6 Å². The second kappa shape index (κ2) is 9.83. The number of carbonyl (C=O) groups excluding carboxylic acids is 1. The van der Waals surface area contributed by atoms with E-state index in [-0.39, 0.29) is 5.78 Å². The third-order valence-electron chi connectivity index (χ3n) is 3.49. The van der Waals surface area contributed by atoms with Crippen LogP contribution in [-0.4, -0.2) is 36.4 Å². The lowest BCUT2D eigenvalue weighted by molar-refractivity contribution is 0.102. The van der Waals surface area contributed by atoms with Crippen LogP contribution in [0.2, 0.25) is 5.02 Å². The first-order chi connectivity index (χ1) is 11.2. The highest BCUT2D eigenvalue weighted by molar-refractivity contribution is 8.14. The van der Waals surface area contributed by atoms with Gasteiger partial charge in [-0.25, -0.2) is 0 Å². The zero-order chi connectivity index (χ0) is 16.5. The van der Waals surface area contributed by atoms with Crippen molar-refractivity contribution in [1.82, 2.24) is 5.32 Å². The van der Waals surface area contributed by atoms with E-state index in [2.05, 4.69) is 17.2 Å². The van der Waals surface area contributed by atoms with E-state index in [4.69, 9.17) is 16.3 Å². The number of aliphatic imine (C=N–C) groups is 1. The topological polar surface area (TPSA) is 50.7 Å². The van der Waals surface area contributed by atoms with Crippen molar-refractivity contribution in [2.75, 3.05) is 25.4 Å². The fourth-order valence-electron chi connectivity index (χ4n) is 2.19. The number of hydrogen-bond donors (Lipinski definition) is 1. The number of nitrogens with one attached hydrogen (secondary N) is 1. The third-order valence-corrected chi connectivity index (χ3v) is 4.74. The van der Waals surface area contributed by atoms with Gasteiger partial charge in [0, 0.05) is 12.1 Å². The Balaban J connectivity index is 1.81. The molecule has 0 radical (unpaired) electrons. The summed E-state index contributed by atoms with van der Waals surface area (Å²) in [6, 6.07) is 5.25. The van der Waals surface area contributed by atoms with Gasteiger partial charge in [0.1, 0.15) is 5.75 Å². The van der Waals surface area contributed by atoms with Crippen LogP contribution in [0.1, 0.15) is 43.0 Å². The zero-order valence-electron chi connectivity index (χ0n) is 13.4. The minimum Gasteiger partial charge on any atom is -0.492 e. The molecular formula is C17H23ClN2O2S. The maximum absolute atomic E-state index is 12.2. The maximum atomic E-state index is 12.2. The van der Waals surface area contributed by atoms with Gasteiger partial charge in [0.05, 0.1) is 23.9 Å². The second-order valence-corrected chi connectivity index (χ2v) is 6.75. The van der Waals surface area contributed by atoms with Crippen LogP contribution in [0.15, 0.2) is 23.2 Å². The molecule has 0 fully saturated rings. The molecule has 2 rings (SSSR count). The Labute approximate surface area is 147 Å². The molecule has 0 unspecified atom stereocenters. The first-order valence-corrected chi connectivity index (χ1v) is 9.43. The molecule has 0 bridgehead atoms. The van der Waals surface area contributed by atoms with Crippen molar-refractivity contribution in [2.24, 2.45) is 4.99 Å². The summed E-state index contributed by atoms with van der Waals surface area (Å²) in [6.45, 7) is 4.48. The number of halogens is 1. The number of Topliss-reactive ketones (excluding diaryl/α,β-unsaturated/α-hetero) is 1. The van der Waals surface area contributed by atoms with Crippen LogP contribution in [0.4, 0.5) is 0 Å². The van der Waals surface area contributed by atoms with Crippen molar-refractivity contribution < 1.29 is 9.53 Å². The summed E-state index contributed by atoms with van der Waals surface area (Å²) in [5, 5.41) is 4.47. The van der Waals surface area contributed by atoms with Crippen LogP contribution < -0.4 is 10.1 Å². The number of ketones is 1. The number of hydrogen-bond acceptors (Lipinski definition) is 5. The molecule has 6 heteroatoms. The molecule has 0 spiro atoms. The van der Waals surface area contributed by atoms with E-state index in [9.17, 15) is 4.79 Å². The Morgan fingerprint density at radius 1 is 1.39 bits per heavy atom. The van der Waals surface area contributed by atoms with E-state index in [0.717, 1.165) is 24.7 Å². The number of carbonyl (C=O) groups is 1. The Morgan fingerprint density at radius 2 is 2.26 bits per heavy atom. The van der Waals surface area contributed by atoms with E-state index in [1.54, 1.807) is 18.2 Å². The lowest BCUT2D eigenvalue weighted by atomic mass is 10.1. The second-order valence-electron chi connectivity index (χ2n) is 5.38. The Morgan fingerprint density at radius 3 is 2.96 bits per heavy atom. The highest BCUT2D eigenvalue weighted by atomic mass is 35.5. The minimum atomic E-state index is 0.0443. The predicted molar refractivity (Wildman–Crippen MR) is 98.2 cm³/mol. The van der Waals surface area contributed by atoms with E-state index in [1.807, 2.05) is 0 Å². The Kier molecular flexibility index (Phi) is 7.76. The van der Waals surface area contributed by atoms with Crippen molar-refractivity contribution in [3.63, 3.8) is 0 Å². The van der Waals surface area contributed by atoms with Gasteiger partial charge in [-0.3, -0.25) is 9.79 Å². The molecule has 0 amide bonds. The van der Waals surface area contributed by atoms with Gasteiger partial charge >= 0.3 is 0 Å². The molecule has 4 nitrogen and oxygen atoms in total. The number of amidine groups is 1. The summed E-state index contributed by atoms with van der Waals surface area (Å²) in [5.41, 5.74) is 0.611. The molecule has 0 aliphatic carbocycles. The zero-order valence-corrected chi connectivity index (χ0v) is 15.0. The molecule has 1 aromatic rings. The SMILES string of the molecule is CCCCCCOc1ccc(C(=O)CSC2=NCCN2)cc1Cl. The molecular weight excluding hydrogens is 332 g/mol. The van der Waals surface area contributed by atoms with E-state index in [0.29, 0.717) is 28.7 Å². The number of rotatable bonds is 9. The Bertz CT molecular complexity index is 564. The summed E-state index contributed by atoms with van der Waals surface area (Å²) in [5.74, 6) is 1.05. The lowest BCUT2D eigenvalue weighted by Crippen LogP contribution is -2.17. The highest BCUT2D eigenvalue weighted by Gasteiger charge is 2.13. The van der Waals surface area contributed by atoms with Crippen LogP contribution in [0.25, 0.3) is 0 Å². The normalized spacial score (nSPS) is 13.6. The number of ether oxygens (including phenoxy) is 1. The van der Waals surface area contributed by atoms with E-state index >= 15 is 0 Å². The third kappa shape index (κ3) is 6.07. The highest BCUT2D eigenvalue weighted by Crippen LogP contribution is 2.26. The summed E-state index contributed by atoms with van der Waals surface area (Å²) in [7, 11) is 0. The van der Waals surface area contributed by atoms with Gasteiger partial charge in [-0.05, 0) is 24.6 Å². The monoisotopic (exact) mass is 354 g/mol. The van der Waals surface area contributed by atoms with Gasteiger partial charge < -0.3 is 10.1 Å².